The van der Waals surface area contributed by atoms with E-state index < -0.39 is 0 Å². The number of thiophene rings is 1. The second-order valence-corrected chi connectivity index (χ2v) is 6.64. The number of carbonyl (C=O) groups excluding carboxylic acids is 2. The summed E-state index contributed by atoms with van der Waals surface area (Å²) < 4.78 is 5.12. The zero-order valence-corrected chi connectivity index (χ0v) is 15.1. The summed E-state index contributed by atoms with van der Waals surface area (Å²) in [5, 5.41) is 8.31. The van der Waals surface area contributed by atoms with Crippen molar-refractivity contribution in [2.45, 2.75) is 19.3 Å². The number of hydrogen-bond donors (Lipinski definition) is 2. The van der Waals surface area contributed by atoms with Gasteiger partial charge in [-0.05, 0) is 29.1 Å². The molecule has 7 nitrogen and oxygen atoms in total. The number of benzene rings is 1. The Kier molecular flexibility index (Phi) is 5.98. The molecule has 0 aliphatic rings. The topological polar surface area (TPSA) is 97.1 Å². The van der Waals surface area contributed by atoms with Gasteiger partial charge in [0.15, 0.2) is 0 Å². The van der Waals surface area contributed by atoms with Crippen LogP contribution in [0, 0.1) is 0 Å². The van der Waals surface area contributed by atoms with Crippen LogP contribution in [0.3, 0.4) is 0 Å². The van der Waals surface area contributed by atoms with Gasteiger partial charge in [0.2, 0.25) is 23.5 Å². The first-order valence-corrected chi connectivity index (χ1v) is 9.09. The fourth-order valence-corrected chi connectivity index (χ4v) is 2.88. The van der Waals surface area contributed by atoms with E-state index in [1.807, 2.05) is 16.8 Å². The molecule has 0 saturated heterocycles. The van der Waals surface area contributed by atoms with Crippen LogP contribution in [0.1, 0.15) is 17.9 Å². The minimum Gasteiger partial charge on any atom is -0.339 e. The highest BCUT2D eigenvalue weighted by Gasteiger charge is 2.11. The normalized spacial score (nSPS) is 10.5. The maximum Gasteiger partial charge on any atom is 0.242 e. The first kappa shape index (κ1) is 18.1. The minimum absolute atomic E-state index is 0.118. The van der Waals surface area contributed by atoms with E-state index in [9.17, 15) is 9.59 Å². The van der Waals surface area contributed by atoms with Gasteiger partial charge in [-0.25, -0.2) is 0 Å². The fraction of sp³-hybridized carbons (Fsp3) is 0.176. The molecule has 1 aromatic carbocycles. The van der Waals surface area contributed by atoms with Gasteiger partial charge in [0.25, 0.3) is 0 Å². The summed E-state index contributed by atoms with van der Waals surface area (Å²) in [5.74, 6) is 0.203. The van der Waals surface area contributed by atoms with Gasteiger partial charge < -0.3 is 4.52 Å². The number of halogens is 1. The average Bonchev–Trinajstić information content (AvgIpc) is 3.31. The second-order valence-electron chi connectivity index (χ2n) is 5.42. The number of nitrogens with one attached hydrogen (secondary N) is 2. The summed E-state index contributed by atoms with van der Waals surface area (Å²) >= 11 is 7.33. The number of nitrogens with zero attached hydrogens (tertiary/aromatic N) is 2. The van der Waals surface area contributed by atoms with Gasteiger partial charge >= 0.3 is 0 Å². The standard InChI is InChI=1S/C17H15ClN4O3S/c18-13-3-1-11(2-4-13)9-15(24)21-20-14(23)5-6-16-19-17(22-25-16)12-7-8-26-10-12/h1-4,7-8,10H,5-6,9H2,(H,20,23)(H,21,24). The van der Waals surface area contributed by atoms with Gasteiger partial charge in [-0.1, -0.05) is 28.9 Å². The van der Waals surface area contributed by atoms with Gasteiger partial charge in [0, 0.05) is 28.8 Å². The van der Waals surface area contributed by atoms with Gasteiger partial charge in [-0.2, -0.15) is 16.3 Å². The van der Waals surface area contributed by atoms with Crippen LogP contribution < -0.4 is 10.9 Å². The Labute approximate surface area is 158 Å². The average molecular weight is 391 g/mol. The molecule has 9 heteroatoms. The summed E-state index contributed by atoms with van der Waals surface area (Å²) in [6.07, 6.45) is 0.549. The molecule has 0 bridgehead atoms. The van der Waals surface area contributed by atoms with Gasteiger partial charge in [-0.15, -0.1) is 0 Å². The molecule has 0 aliphatic carbocycles. The molecule has 3 aromatic rings. The molecule has 134 valence electrons. The molecule has 2 aromatic heterocycles. The van der Waals surface area contributed by atoms with Crippen molar-refractivity contribution < 1.29 is 14.1 Å². The summed E-state index contributed by atoms with van der Waals surface area (Å²) in [6.45, 7) is 0. The van der Waals surface area contributed by atoms with Crippen LogP contribution in [-0.4, -0.2) is 22.0 Å². The van der Waals surface area contributed by atoms with Crippen molar-refractivity contribution in [1.82, 2.24) is 21.0 Å². The molecule has 0 aliphatic heterocycles. The predicted octanol–water partition coefficient (Wildman–Crippen LogP) is 2.77. The quantitative estimate of drug-likeness (QED) is 0.631. The fourth-order valence-electron chi connectivity index (χ4n) is 2.12. The Morgan fingerprint density at radius 3 is 2.62 bits per heavy atom. The lowest BCUT2D eigenvalue weighted by Gasteiger charge is -2.06. The number of carbonyl (C=O) groups is 2. The Morgan fingerprint density at radius 2 is 1.88 bits per heavy atom. The van der Waals surface area contributed by atoms with Crippen molar-refractivity contribution in [2.24, 2.45) is 0 Å². The lowest BCUT2D eigenvalue weighted by Crippen LogP contribution is -2.42. The van der Waals surface area contributed by atoms with E-state index in [-0.39, 0.29) is 31.1 Å². The van der Waals surface area contributed by atoms with Crippen molar-refractivity contribution in [3.05, 3.63) is 57.6 Å². The van der Waals surface area contributed by atoms with Crippen LogP contribution >= 0.6 is 22.9 Å². The molecule has 0 fully saturated rings. The zero-order valence-electron chi connectivity index (χ0n) is 13.6. The Balaban J connectivity index is 1.40. The third-order valence-electron chi connectivity index (χ3n) is 3.43. The van der Waals surface area contributed by atoms with Crippen LogP contribution in [0.25, 0.3) is 11.4 Å². The molecule has 0 unspecified atom stereocenters. The lowest BCUT2D eigenvalue weighted by molar-refractivity contribution is -0.128. The maximum absolute atomic E-state index is 11.8. The highest BCUT2D eigenvalue weighted by molar-refractivity contribution is 7.08. The summed E-state index contributed by atoms with van der Waals surface area (Å²) in [4.78, 5) is 27.9. The van der Waals surface area contributed by atoms with Gasteiger partial charge in [-0.3, -0.25) is 20.4 Å². The molecule has 0 saturated carbocycles. The van der Waals surface area contributed by atoms with Crippen molar-refractivity contribution >= 4 is 34.8 Å². The van der Waals surface area contributed by atoms with Gasteiger partial charge in [0.1, 0.15) is 0 Å². The highest BCUT2D eigenvalue weighted by Crippen LogP contribution is 2.18. The second kappa shape index (κ2) is 8.59. The Morgan fingerprint density at radius 1 is 1.12 bits per heavy atom. The molecule has 3 rings (SSSR count). The van der Waals surface area contributed by atoms with Crippen LogP contribution in [0.5, 0.6) is 0 Å². The number of aryl methyl sites for hydroxylation is 1. The molecule has 26 heavy (non-hydrogen) atoms. The molecule has 0 radical (unpaired) electrons. The van der Waals surface area contributed by atoms with E-state index in [1.165, 1.54) is 11.3 Å². The van der Waals surface area contributed by atoms with E-state index >= 15 is 0 Å². The molecule has 0 spiro atoms. The third-order valence-corrected chi connectivity index (χ3v) is 4.37. The Hall–Kier alpha value is -2.71. The molecule has 2 heterocycles. The van der Waals surface area contributed by atoms with Crippen LogP contribution in [0.15, 0.2) is 45.6 Å². The summed E-state index contributed by atoms with van der Waals surface area (Å²) in [5.41, 5.74) is 6.42. The predicted molar refractivity (Wildman–Crippen MR) is 97.4 cm³/mol. The number of aromatic nitrogens is 2. The largest absolute Gasteiger partial charge is 0.339 e. The zero-order chi connectivity index (χ0) is 18.4. The first-order valence-electron chi connectivity index (χ1n) is 7.77. The molecule has 2 N–H and O–H groups in total. The summed E-state index contributed by atoms with van der Waals surface area (Å²) in [6, 6.07) is 8.81. The van der Waals surface area contributed by atoms with E-state index in [1.54, 1.807) is 24.3 Å². The molecule has 2 amide bonds. The monoisotopic (exact) mass is 390 g/mol. The van der Waals surface area contributed by atoms with E-state index in [0.717, 1.165) is 11.1 Å². The molecular weight excluding hydrogens is 376 g/mol. The highest BCUT2D eigenvalue weighted by atomic mass is 35.5. The Bertz CT molecular complexity index is 878. The first-order chi connectivity index (χ1) is 12.6. The molecular formula is C17H15ClN4O3S. The van der Waals surface area contributed by atoms with Crippen molar-refractivity contribution in [2.75, 3.05) is 0 Å². The van der Waals surface area contributed by atoms with E-state index in [4.69, 9.17) is 16.1 Å². The number of rotatable bonds is 6. The number of hydrogen-bond acceptors (Lipinski definition) is 6. The van der Waals surface area contributed by atoms with Crippen molar-refractivity contribution in [3.63, 3.8) is 0 Å². The molecule has 0 atom stereocenters. The number of amides is 2. The van der Waals surface area contributed by atoms with Crippen LogP contribution in [0.4, 0.5) is 0 Å². The minimum atomic E-state index is -0.343. The van der Waals surface area contributed by atoms with E-state index in [0.29, 0.717) is 16.7 Å². The lowest BCUT2D eigenvalue weighted by atomic mass is 10.1. The smallest absolute Gasteiger partial charge is 0.242 e. The van der Waals surface area contributed by atoms with Crippen molar-refractivity contribution in [1.29, 1.82) is 0 Å². The van der Waals surface area contributed by atoms with Crippen LogP contribution in [0.2, 0.25) is 5.02 Å². The number of hydrazine groups is 1. The summed E-state index contributed by atoms with van der Waals surface area (Å²) in [7, 11) is 0. The van der Waals surface area contributed by atoms with E-state index in [2.05, 4.69) is 21.0 Å². The third kappa shape index (κ3) is 5.14. The van der Waals surface area contributed by atoms with Crippen LogP contribution in [-0.2, 0) is 22.4 Å². The van der Waals surface area contributed by atoms with Crippen molar-refractivity contribution in [3.8, 4) is 11.4 Å². The van der Waals surface area contributed by atoms with Gasteiger partial charge in [0.05, 0.1) is 6.42 Å². The maximum atomic E-state index is 11.8. The SMILES string of the molecule is O=C(CCc1nc(-c2ccsc2)no1)NNC(=O)Cc1ccc(Cl)cc1.